The number of nitrogens with one attached hydrogen (secondary N) is 1. The molecule has 0 aromatic carbocycles. The van der Waals surface area contributed by atoms with Gasteiger partial charge in [-0.15, -0.1) is 0 Å². The van der Waals surface area contributed by atoms with Crippen molar-refractivity contribution in [2.45, 2.75) is 13.3 Å². The summed E-state index contributed by atoms with van der Waals surface area (Å²) >= 11 is 5.52. The van der Waals surface area contributed by atoms with Crippen LogP contribution in [0.1, 0.15) is 13.3 Å². The molecule has 0 fully saturated rings. The Balaban J connectivity index is 2.72. The average Bonchev–Trinajstić information content (AvgIpc) is 2.03. The minimum atomic E-state index is -0.407. The lowest BCUT2D eigenvalue weighted by Crippen LogP contribution is -2.03. The van der Waals surface area contributed by atoms with Crippen LogP contribution in [0, 0.1) is 5.82 Å². The smallest absolute Gasteiger partial charge is 0.166 e. The van der Waals surface area contributed by atoms with Gasteiger partial charge in [-0.2, -0.15) is 0 Å². The molecule has 0 aliphatic rings. The SMILES string of the molecule is CCCNc1ncc(Cl)cc1F. The maximum absolute atomic E-state index is 13.0. The van der Waals surface area contributed by atoms with E-state index in [-0.39, 0.29) is 5.82 Å². The maximum atomic E-state index is 13.0. The van der Waals surface area contributed by atoms with Crippen LogP contribution in [0.3, 0.4) is 0 Å². The van der Waals surface area contributed by atoms with Crippen LogP contribution in [0.4, 0.5) is 10.2 Å². The number of nitrogens with zero attached hydrogens (tertiary/aromatic N) is 1. The molecule has 0 unspecified atom stereocenters. The Morgan fingerprint density at radius 1 is 1.67 bits per heavy atom. The molecule has 0 saturated carbocycles. The van der Waals surface area contributed by atoms with Gasteiger partial charge in [0.2, 0.25) is 0 Å². The number of anilines is 1. The number of hydrogen-bond donors (Lipinski definition) is 1. The van der Waals surface area contributed by atoms with Crippen molar-refractivity contribution in [3.05, 3.63) is 23.1 Å². The lowest BCUT2D eigenvalue weighted by molar-refractivity contribution is 0.624. The summed E-state index contributed by atoms with van der Waals surface area (Å²) in [4.78, 5) is 3.80. The summed E-state index contributed by atoms with van der Waals surface area (Å²) in [5.41, 5.74) is 0. The second kappa shape index (κ2) is 4.26. The van der Waals surface area contributed by atoms with Crippen LogP contribution < -0.4 is 5.32 Å². The number of aromatic nitrogens is 1. The van der Waals surface area contributed by atoms with Gasteiger partial charge in [0.25, 0.3) is 0 Å². The third-order valence-electron chi connectivity index (χ3n) is 1.35. The molecule has 1 rings (SSSR count). The first kappa shape index (κ1) is 9.26. The molecule has 0 bridgehead atoms. The van der Waals surface area contributed by atoms with Crippen LogP contribution in [-0.2, 0) is 0 Å². The first-order valence-corrected chi connectivity index (χ1v) is 4.16. The van der Waals surface area contributed by atoms with Gasteiger partial charge in [0.15, 0.2) is 11.6 Å². The molecule has 1 aromatic heterocycles. The van der Waals surface area contributed by atoms with Crippen molar-refractivity contribution in [3.8, 4) is 0 Å². The molecule has 0 spiro atoms. The zero-order valence-electron chi connectivity index (χ0n) is 6.77. The van der Waals surface area contributed by atoms with E-state index in [0.29, 0.717) is 11.6 Å². The predicted octanol–water partition coefficient (Wildman–Crippen LogP) is 2.70. The zero-order chi connectivity index (χ0) is 8.97. The summed E-state index contributed by atoms with van der Waals surface area (Å²) in [5.74, 6) is -0.141. The highest BCUT2D eigenvalue weighted by atomic mass is 35.5. The highest BCUT2D eigenvalue weighted by Gasteiger charge is 2.02. The van der Waals surface area contributed by atoms with Crippen LogP contribution in [0.2, 0.25) is 5.02 Å². The Labute approximate surface area is 75.8 Å². The van der Waals surface area contributed by atoms with Crippen molar-refractivity contribution >= 4 is 17.4 Å². The zero-order valence-corrected chi connectivity index (χ0v) is 7.53. The highest BCUT2D eigenvalue weighted by molar-refractivity contribution is 6.30. The van der Waals surface area contributed by atoms with Gasteiger partial charge in [-0.05, 0) is 12.5 Å². The molecule has 1 heterocycles. The van der Waals surface area contributed by atoms with Gasteiger partial charge in [-0.1, -0.05) is 18.5 Å². The summed E-state index contributed by atoms with van der Waals surface area (Å²) in [6.07, 6.45) is 2.35. The van der Waals surface area contributed by atoms with Gasteiger partial charge in [0.05, 0.1) is 5.02 Å². The van der Waals surface area contributed by atoms with E-state index in [4.69, 9.17) is 11.6 Å². The molecule has 66 valence electrons. The number of rotatable bonds is 3. The van der Waals surface area contributed by atoms with E-state index in [9.17, 15) is 4.39 Å². The molecular weight excluding hydrogens is 179 g/mol. The van der Waals surface area contributed by atoms with Crippen molar-refractivity contribution < 1.29 is 4.39 Å². The quantitative estimate of drug-likeness (QED) is 0.789. The fourth-order valence-electron chi connectivity index (χ4n) is 0.788. The average molecular weight is 189 g/mol. The Morgan fingerprint density at radius 3 is 3.00 bits per heavy atom. The summed E-state index contributed by atoms with van der Waals surface area (Å²) in [5, 5.41) is 3.16. The molecule has 0 radical (unpaired) electrons. The molecule has 0 aliphatic carbocycles. The number of pyridine rings is 1. The van der Waals surface area contributed by atoms with E-state index >= 15 is 0 Å². The Kier molecular flexibility index (Phi) is 3.29. The summed E-state index contributed by atoms with van der Waals surface area (Å²) < 4.78 is 13.0. The van der Waals surface area contributed by atoms with Gasteiger partial charge in [-0.3, -0.25) is 0 Å². The van der Waals surface area contributed by atoms with Gasteiger partial charge < -0.3 is 5.32 Å². The lowest BCUT2D eigenvalue weighted by atomic mass is 10.4. The maximum Gasteiger partial charge on any atom is 0.166 e. The molecule has 12 heavy (non-hydrogen) atoms. The van der Waals surface area contributed by atoms with Gasteiger partial charge in [0, 0.05) is 12.7 Å². The normalized spacial score (nSPS) is 9.92. The van der Waals surface area contributed by atoms with Crippen LogP contribution in [0.5, 0.6) is 0 Å². The van der Waals surface area contributed by atoms with Crippen LogP contribution in [0.15, 0.2) is 12.3 Å². The van der Waals surface area contributed by atoms with Gasteiger partial charge in [0.1, 0.15) is 0 Å². The fourth-order valence-corrected chi connectivity index (χ4v) is 0.933. The van der Waals surface area contributed by atoms with E-state index < -0.39 is 5.82 Å². The minimum absolute atomic E-state index is 0.265. The lowest BCUT2D eigenvalue weighted by Gasteiger charge is -2.03. The predicted molar refractivity (Wildman–Crippen MR) is 48.0 cm³/mol. The van der Waals surface area contributed by atoms with Gasteiger partial charge >= 0.3 is 0 Å². The molecule has 2 nitrogen and oxygen atoms in total. The third kappa shape index (κ3) is 2.34. The van der Waals surface area contributed by atoms with Crippen molar-refractivity contribution in [3.63, 3.8) is 0 Å². The van der Waals surface area contributed by atoms with E-state index in [0.717, 1.165) is 6.42 Å². The molecule has 0 aliphatic heterocycles. The highest BCUT2D eigenvalue weighted by Crippen LogP contribution is 2.14. The van der Waals surface area contributed by atoms with E-state index in [1.807, 2.05) is 6.92 Å². The molecule has 1 aromatic rings. The van der Waals surface area contributed by atoms with E-state index in [2.05, 4.69) is 10.3 Å². The Hall–Kier alpha value is -0.830. The first-order chi connectivity index (χ1) is 5.74. The largest absolute Gasteiger partial charge is 0.368 e. The molecule has 1 N–H and O–H groups in total. The van der Waals surface area contributed by atoms with Crippen molar-refractivity contribution in [2.75, 3.05) is 11.9 Å². The summed E-state index contributed by atoms with van der Waals surface area (Å²) in [6, 6.07) is 1.24. The van der Waals surface area contributed by atoms with Crippen LogP contribution in [0.25, 0.3) is 0 Å². The van der Waals surface area contributed by atoms with Crippen molar-refractivity contribution in [1.82, 2.24) is 4.98 Å². The Morgan fingerprint density at radius 2 is 2.42 bits per heavy atom. The number of halogens is 2. The van der Waals surface area contributed by atoms with E-state index in [1.54, 1.807) is 0 Å². The molecule has 0 atom stereocenters. The molecular formula is C8H10ClFN2. The van der Waals surface area contributed by atoms with E-state index in [1.165, 1.54) is 12.3 Å². The minimum Gasteiger partial charge on any atom is -0.368 e. The first-order valence-electron chi connectivity index (χ1n) is 3.79. The topological polar surface area (TPSA) is 24.9 Å². The third-order valence-corrected chi connectivity index (χ3v) is 1.56. The second-order valence-corrected chi connectivity index (χ2v) is 2.85. The molecule has 0 amide bonds. The molecule has 4 heteroatoms. The fraction of sp³-hybridized carbons (Fsp3) is 0.375. The monoisotopic (exact) mass is 188 g/mol. The summed E-state index contributed by atoms with van der Waals surface area (Å²) in [7, 11) is 0. The standard InChI is InChI=1S/C8H10ClFN2/c1-2-3-11-8-7(10)4-6(9)5-12-8/h4-5H,2-3H2,1H3,(H,11,12). The second-order valence-electron chi connectivity index (χ2n) is 2.41. The van der Waals surface area contributed by atoms with Crippen molar-refractivity contribution in [1.29, 1.82) is 0 Å². The van der Waals surface area contributed by atoms with Crippen LogP contribution >= 0.6 is 11.6 Å². The summed E-state index contributed by atoms with van der Waals surface area (Å²) in [6.45, 7) is 2.71. The van der Waals surface area contributed by atoms with Crippen LogP contribution in [-0.4, -0.2) is 11.5 Å². The van der Waals surface area contributed by atoms with Crippen molar-refractivity contribution in [2.24, 2.45) is 0 Å². The Bertz CT molecular complexity index is 265. The van der Waals surface area contributed by atoms with Gasteiger partial charge in [-0.25, -0.2) is 9.37 Å². The molecule has 0 saturated heterocycles. The number of hydrogen-bond acceptors (Lipinski definition) is 2.